The van der Waals surface area contributed by atoms with Crippen LogP contribution in [0.1, 0.15) is 47.3 Å². The molecule has 1 aliphatic rings. The molecular formula is C22H27N5O. The highest BCUT2D eigenvalue weighted by molar-refractivity contribution is 6.08. The van der Waals surface area contributed by atoms with E-state index >= 15 is 0 Å². The molecule has 0 atom stereocenters. The van der Waals surface area contributed by atoms with Gasteiger partial charge in [0.15, 0.2) is 0 Å². The number of H-pyrrole nitrogens is 1. The first kappa shape index (κ1) is 18.5. The van der Waals surface area contributed by atoms with Gasteiger partial charge in [0.25, 0.3) is 5.91 Å². The van der Waals surface area contributed by atoms with E-state index in [9.17, 15) is 4.79 Å². The second-order valence-corrected chi connectivity index (χ2v) is 7.83. The SMILES string of the molecule is Cc1cc(N2CCN(C(=O)c3c(C)[nH]c4ccccc34)CC2)nc(C(C)C)n1. The van der Waals surface area contributed by atoms with Crippen molar-refractivity contribution in [1.82, 2.24) is 19.9 Å². The molecule has 0 radical (unpaired) electrons. The van der Waals surface area contributed by atoms with E-state index in [0.29, 0.717) is 19.0 Å². The van der Waals surface area contributed by atoms with Crippen molar-refractivity contribution in [1.29, 1.82) is 0 Å². The van der Waals surface area contributed by atoms with Gasteiger partial charge in [0.1, 0.15) is 11.6 Å². The van der Waals surface area contributed by atoms with Crippen LogP contribution in [0.15, 0.2) is 30.3 Å². The van der Waals surface area contributed by atoms with Gasteiger partial charge < -0.3 is 14.8 Å². The van der Waals surface area contributed by atoms with Crippen molar-refractivity contribution in [3.8, 4) is 0 Å². The summed E-state index contributed by atoms with van der Waals surface area (Å²) in [7, 11) is 0. The first-order chi connectivity index (χ1) is 13.4. The first-order valence-electron chi connectivity index (χ1n) is 9.91. The van der Waals surface area contributed by atoms with Crippen LogP contribution in [0.3, 0.4) is 0 Å². The van der Waals surface area contributed by atoms with E-state index in [1.165, 1.54) is 0 Å². The summed E-state index contributed by atoms with van der Waals surface area (Å²) in [4.78, 5) is 30.0. The molecule has 0 bridgehead atoms. The maximum atomic E-state index is 13.2. The van der Waals surface area contributed by atoms with Gasteiger partial charge in [-0.25, -0.2) is 9.97 Å². The summed E-state index contributed by atoms with van der Waals surface area (Å²) in [5, 5.41) is 1.00. The molecule has 0 aliphatic carbocycles. The minimum atomic E-state index is 0.108. The predicted molar refractivity (Wildman–Crippen MR) is 112 cm³/mol. The van der Waals surface area contributed by atoms with Crippen LogP contribution in [0.5, 0.6) is 0 Å². The van der Waals surface area contributed by atoms with Crippen LogP contribution in [-0.4, -0.2) is 51.9 Å². The molecule has 0 saturated carbocycles. The lowest BCUT2D eigenvalue weighted by atomic mass is 10.1. The highest BCUT2D eigenvalue weighted by Gasteiger charge is 2.26. The van der Waals surface area contributed by atoms with Crippen molar-refractivity contribution in [2.45, 2.75) is 33.6 Å². The Labute approximate surface area is 165 Å². The smallest absolute Gasteiger partial charge is 0.256 e. The minimum absolute atomic E-state index is 0.108. The third-order valence-electron chi connectivity index (χ3n) is 5.37. The maximum Gasteiger partial charge on any atom is 0.256 e. The van der Waals surface area contributed by atoms with Gasteiger partial charge in [-0.2, -0.15) is 0 Å². The molecule has 3 heterocycles. The van der Waals surface area contributed by atoms with Gasteiger partial charge in [-0.3, -0.25) is 4.79 Å². The normalized spacial score (nSPS) is 14.9. The van der Waals surface area contributed by atoms with E-state index < -0.39 is 0 Å². The third-order valence-corrected chi connectivity index (χ3v) is 5.37. The molecule has 4 rings (SSSR count). The summed E-state index contributed by atoms with van der Waals surface area (Å²) in [5.41, 5.74) is 3.73. The zero-order valence-electron chi connectivity index (χ0n) is 17.0. The number of rotatable bonds is 3. The number of aryl methyl sites for hydroxylation is 2. The number of hydrogen-bond donors (Lipinski definition) is 1. The fraction of sp³-hybridized carbons (Fsp3) is 0.409. The lowest BCUT2D eigenvalue weighted by molar-refractivity contribution is 0.0748. The molecule has 3 aromatic rings. The fourth-order valence-electron chi connectivity index (χ4n) is 3.84. The van der Waals surface area contributed by atoms with Crippen molar-refractivity contribution in [2.24, 2.45) is 0 Å². The molecular weight excluding hydrogens is 350 g/mol. The van der Waals surface area contributed by atoms with E-state index in [2.05, 4.69) is 28.7 Å². The number of nitrogens with zero attached hydrogens (tertiary/aromatic N) is 4. The number of fused-ring (bicyclic) bond motifs is 1. The summed E-state index contributed by atoms with van der Waals surface area (Å²) in [6.07, 6.45) is 0. The number of hydrogen-bond acceptors (Lipinski definition) is 4. The Morgan fingerprint density at radius 3 is 2.50 bits per heavy atom. The molecule has 1 fully saturated rings. The average molecular weight is 377 g/mol. The van der Waals surface area contributed by atoms with E-state index in [-0.39, 0.29) is 5.91 Å². The van der Waals surface area contributed by atoms with E-state index in [4.69, 9.17) is 4.98 Å². The lowest BCUT2D eigenvalue weighted by Crippen LogP contribution is -2.49. The zero-order valence-corrected chi connectivity index (χ0v) is 17.0. The number of amides is 1. The minimum Gasteiger partial charge on any atom is -0.358 e. The Kier molecular flexibility index (Phi) is 4.79. The summed E-state index contributed by atoms with van der Waals surface area (Å²) in [6, 6.07) is 10.0. The van der Waals surface area contributed by atoms with Crippen LogP contribution >= 0.6 is 0 Å². The molecule has 28 heavy (non-hydrogen) atoms. The number of benzene rings is 1. The standard InChI is InChI=1S/C22H27N5O/c1-14(2)21-23-15(3)13-19(25-21)26-9-11-27(12-10-26)22(28)20-16(4)24-18-8-6-5-7-17(18)20/h5-8,13-14,24H,9-12H2,1-4H3. The number of piperazine rings is 1. The van der Waals surface area contributed by atoms with Crippen LogP contribution < -0.4 is 4.90 Å². The Morgan fingerprint density at radius 2 is 1.79 bits per heavy atom. The number of anilines is 1. The number of carbonyl (C=O) groups excluding carboxylic acids is 1. The fourth-order valence-corrected chi connectivity index (χ4v) is 3.84. The molecule has 1 amide bonds. The molecule has 146 valence electrons. The Bertz CT molecular complexity index is 1010. The molecule has 0 spiro atoms. The monoisotopic (exact) mass is 377 g/mol. The van der Waals surface area contributed by atoms with Crippen molar-refractivity contribution < 1.29 is 4.79 Å². The van der Waals surface area contributed by atoms with Crippen LogP contribution in [0, 0.1) is 13.8 Å². The first-order valence-corrected chi connectivity index (χ1v) is 9.91. The van der Waals surface area contributed by atoms with Gasteiger partial charge in [0, 0.05) is 60.5 Å². The summed E-state index contributed by atoms with van der Waals surface area (Å²) < 4.78 is 0. The highest BCUT2D eigenvalue weighted by Crippen LogP contribution is 2.25. The van der Waals surface area contributed by atoms with Crippen LogP contribution in [-0.2, 0) is 0 Å². The van der Waals surface area contributed by atoms with E-state index in [1.54, 1.807) is 0 Å². The van der Waals surface area contributed by atoms with Crippen LogP contribution in [0.4, 0.5) is 5.82 Å². The van der Waals surface area contributed by atoms with Gasteiger partial charge in [-0.15, -0.1) is 0 Å². The predicted octanol–water partition coefficient (Wildman–Crippen LogP) is 3.66. The summed E-state index contributed by atoms with van der Waals surface area (Å²) in [6.45, 7) is 11.1. The highest BCUT2D eigenvalue weighted by atomic mass is 16.2. The van der Waals surface area contributed by atoms with Crippen molar-refractivity contribution in [3.05, 3.63) is 53.1 Å². The molecule has 2 aromatic heterocycles. The number of para-hydroxylation sites is 1. The van der Waals surface area contributed by atoms with Crippen molar-refractivity contribution >= 4 is 22.6 Å². The topological polar surface area (TPSA) is 65.1 Å². The second-order valence-electron chi connectivity index (χ2n) is 7.83. The molecule has 6 heteroatoms. The molecule has 1 saturated heterocycles. The van der Waals surface area contributed by atoms with Gasteiger partial charge in [0.2, 0.25) is 0 Å². The zero-order chi connectivity index (χ0) is 19.8. The Hall–Kier alpha value is -2.89. The second kappa shape index (κ2) is 7.26. The number of carbonyl (C=O) groups is 1. The lowest BCUT2D eigenvalue weighted by Gasteiger charge is -2.35. The Morgan fingerprint density at radius 1 is 1.07 bits per heavy atom. The summed E-state index contributed by atoms with van der Waals surface area (Å²) in [5.74, 6) is 2.25. The largest absolute Gasteiger partial charge is 0.358 e. The number of aromatic amines is 1. The van der Waals surface area contributed by atoms with Gasteiger partial charge in [-0.1, -0.05) is 32.0 Å². The van der Waals surface area contributed by atoms with Gasteiger partial charge in [0.05, 0.1) is 5.56 Å². The maximum absolute atomic E-state index is 13.2. The molecule has 1 aromatic carbocycles. The molecule has 6 nitrogen and oxygen atoms in total. The Balaban J connectivity index is 1.51. The van der Waals surface area contributed by atoms with Crippen molar-refractivity contribution in [2.75, 3.05) is 31.1 Å². The average Bonchev–Trinajstić information content (AvgIpc) is 3.02. The van der Waals surface area contributed by atoms with E-state index in [1.807, 2.05) is 49.1 Å². The quantitative estimate of drug-likeness (QED) is 0.756. The summed E-state index contributed by atoms with van der Waals surface area (Å²) >= 11 is 0. The van der Waals surface area contributed by atoms with Crippen molar-refractivity contribution in [3.63, 3.8) is 0 Å². The number of nitrogens with one attached hydrogen (secondary N) is 1. The van der Waals surface area contributed by atoms with Crippen LogP contribution in [0.25, 0.3) is 10.9 Å². The van der Waals surface area contributed by atoms with Gasteiger partial charge >= 0.3 is 0 Å². The molecule has 1 aliphatic heterocycles. The van der Waals surface area contributed by atoms with E-state index in [0.717, 1.165) is 52.6 Å². The number of aromatic nitrogens is 3. The molecule has 1 N–H and O–H groups in total. The third kappa shape index (κ3) is 3.35. The van der Waals surface area contributed by atoms with Crippen LogP contribution in [0.2, 0.25) is 0 Å². The molecule has 0 unspecified atom stereocenters. The van der Waals surface area contributed by atoms with Gasteiger partial charge in [-0.05, 0) is 19.9 Å².